The Morgan fingerprint density at radius 2 is 1.82 bits per heavy atom. The number of hydrogen-bond acceptors (Lipinski definition) is 1. The van der Waals surface area contributed by atoms with Crippen LogP contribution in [0.15, 0.2) is 24.3 Å². The summed E-state index contributed by atoms with van der Waals surface area (Å²) < 4.78 is 0. The highest BCUT2D eigenvalue weighted by Crippen LogP contribution is 2.14. The van der Waals surface area contributed by atoms with Gasteiger partial charge in [0.1, 0.15) is 0 Å². The van der Waals surface area contributed by atoms with Crippen molar-refractivity contribution < 1.29 is 4.79 Å². The fourth-order valence-electron chi connectivity index (χ4n) is 1.91. The monoisotopic (exact) mass is 232 g/mol. The van der Waals surface area contributed by atoms with Crippen molar-refractivity contribution in [2.24, 2.45) is 11.8 Å². The van der Waals surface area contributed by atoms with Crippen molar-refractivity contribution in [2.75, 3.05) is 0 Å². The Morgan fingerprint density at radius 1 is 1.12 bits per heavy atom. The number of carbonyl (C=O) groups is 1. The fourth-order valence-corrected chi connectivity index (χ4v) is 1.91. The summed E-state index contributed by atoms with van der Waals surface area (Å²) >= 11 is 0. The number of benzene rings is 1. The molecule has 0 N–H and O–H groups in total. The molecule has 0 aliphatic carbocycles. The molecule has 1 nitrogen and oxygen atoms in total. The van der Waals surface area contributed by atoms with Gasteiger partial charge in [-0.15, -0.1) is 0 Å². The Bertz CT molecular complexity index is 364. The summed E-state index contributed by atoms with van der Waals surface area (Å²) in [5.74, 6) is 1.51. The van der Waals surface area contributed by atoms with E-state index in [4.69, 9.17) is 0 Å². The van der Waals surface area contributed by atoms with Gasteiger partial charge in [0.15, 0.2) is 5.78 Å². The first-order chi connectivity index (χ1) is 7.99. The summed E-state index contributed by atoms with van der Waals surface area (Å²) in [6.07, 6.45) is 2.70. The Labute approximate surface area is 105 Å². The van der Waals surface area contributed by atoms with Gasteiger partial charge in [0.2, 0.25) is 0 Å². The summed E-state index contributed by atoms with van der Waals surface area (Å²) in [6.45, 7) is 8.71. The fraction of sp³-hybridized carbons (Fsp3) is 0.562. The van der Waals surface area contributed by atoms with Crippen molar-refractivity contribution >= 4 is 5.78 Å². The lowest BCUT2D eigenvalue weighted by molar-refractivity contribution is 0.0975. The maximum Gasteiger partial charge on any atom is 0.162 e. The summed E-state index contributed by atoms with van der Waals surface area (Å²) in [5.41, 5.74) is 2.15. The van der Waals surface area contributed by atoms with Crippen LogP contribution in [0.2, 0.25) is 0 Å². The Kier molecular flexibility index (Phi) is 5.40. The van der Waals surface area contributed by atoms with E-state index in [9.17, 15) is 4.79 Å². The molecule has 0 bridgehead atoms. The molecular formula is C16H24O. The molecule has 0 fully saturated rings. The zero-order valence-corrected chi connectivity index (χ0v) is 11.5. The molecule has 1 aromatic rings. The van der Waals surface area contributed by atoms with Crippen molar-refractivity contribution in [3.05, 3.63) is 35.4 Å². The van der Waals surface area contributed by atoms with Crippen LogP contribution in [0.5, 0.6) is 0 Å². The van der Waals surface area contributed by atoms with Crippen molar-refractivity contribution in [1.29, 1.82) is 0 Å². The van der Waals surface area contributed by atoms with E-state index < -0.39 is 0 Å². The van der Waals surface area contributed by atoms with E-state index in [1.165, 1.54) is 5.56 Å². The number of Topliss-reactive ketones (excluding diaryl/α,β-unsaturated/α-hetero) is 1. The number of hydrogen-bond donors (Lipinski definition) is 0. The lowest BCUT2D eigenvalue weighted by atomic mass is 9.97. The lowest BCUT2D eigenvalue weighted by Crippen LogP contribution is -2.03. The van der Waals surface area contributed by atoms with Crippen LogP contribution in [0.25, 0.3) is 0 Å². The van der Waals surface area contributed by atoms with Crippen LogP contribution in [-0.4, -0.2) is 5.78 Å². The molecule has 17 heavy (non-hydrogen) atoms. The highest BCUT2D eigenvalue weighted by atomic mass is 16.1. The third-order valence-electron chi connectivity index (χ3n) is 2.84. The predicted octanol–water partition coefficient (Wildman–Crippen LogP) is 4.50. The quantitative estimate of drug-likeness (QED) is 0.660. The smallest absolute Gasteiger partial charge is 0.162 e. The zero-order chi connectivity index (χ0) is 12.8. The molecule has 1 heteroatoms. The molecule has 0 heterocycles. The second-order valence-electron chi connectivity index (χ2n) is 5.65. The maximum absolute atomic E-state index is 12.0. The second kappa shape index (κ2) is 6.58. The van der Waals surface area contributed by atoms with Gasteiger partial charge in [-0.05, 0) is 36.3 Å². The van der Waals surface area contributed by atoms with Gasteiger partial charge in [0.05, 0.1) is 0 Å². The van der Waals surface area contributed by atoms with Crippen LogP contribution in [0.4, 0.5) is 0 Å². The van der Waals surface area contributed by atoms with Crippen molar-refractivity contribution in [3.8, 4) is 0 Å². The first kappa shape index (κ1) is 14.0. The third-order valence-corrected chi connectivity index (χ3v) is 2.84. The largest absolute Gasteiger partial charge is 0.294 e. The first-order valence-corrected chi connectivity index (χ1v) is 6.61. The molecule has 0 unspecified atom stereocenters. The van der Waals surface area contributed by atoms with Crippen LogP contribution in [0.1, 0.15) is 56.5 Å². The van der Waals surface area contributed by atoms with E-state index in [1.54, 1.807) is 0 Å². The maximum atomic E-state index is 12.0. The lowest BCUT2D eigenvalue weighted by Gasteiger charge is -2.08. The van der Waals surface area contributed by atoms with Gasteiger partial charge in [-0.3, -0.25) is 4.79 Å². The van der Waals surface area contributed by atoms with E-state index in [2.05, 4.69) is 39.8 Å². The normalized spacial score (nSPS) is 11.2. The Balaban J connectivity index is 2.67. The number of carbonyl (C=O) groups excluding carboxylic acids is 1. The van der Waals surface area contributed by atoms with Gasteiger partial charge in [-0.2, -0.15) is 0 Å². The molecule has 0 spiro atoms. The van der Waals surface area contributed by atoms with Gasteiger partial charge < -0.3 is 0 Å². The molecule has 0 saturated carbocycles. The molecule has 0 aromatic heterocycles. The van der Waals surface area contributed by atoms with E-state index in [0.717, 1.165) is 18.4 Å². The SMILES string of the molecule is CC(C)CCC(=O)c1cccc(CC(C)C)c1. The molecule has 94 valence electrons. The molecular weight excluding hydrogens is 208 g/mol. The molecule has 0 radical (unpaired) electrons. The summed E-state index contributed by atoms with van der Waals surface area (Å²) in [4.78, 5) is 12.0. The van der Waals surface area contributed by atoms with Crippen LogP contribution in [0.3, 0.4) is 0 Å². The molecule has 0 aliphatic heterocycles. The Hall–Kier alpha value is -1.11. The van der Waals surface area contributed by atoms with Crippen molar-refractivity contribution in [2.45, 2.75) is 47.0 Å². The molecule has 0 saturated heterocycles. The molecule has 0 amide bonds. The van der Waals surface area contributed by atoms with Crippen molar-refractivity contribution in [3.63, 3.8) is 0 Å². The Morgan fingerprint density at radius 3 is 2.41 bits per heavy atom. The van der Waals surface area contributed by atoms with E-state index in [1.807, 2.05) is 12.1 Å². The van der Waals surface area contributed by atoms with Crippen LogP contribution < -0.4 is 0 Å². The minimum absolute atomic E-state index is 0.282. The molecule has 1 rings (SSSR count). The summed E-state index contributed by atoms with van der Waals surface area (Å²) in [5, 5.41) is 0. The van der Waals surface area contributed by atoms with Gasteiger partial charge >= 0.3 is 0 Å². The topological polar surface area (TPSA) is 17.1 Å². The highest BCUT2D eigenvalue weighted by molar-refractivity contribution is 5.96. The number of ketones is 1. The average Bonchev–Trinajstić information content (AvgIpc) is 2.25. The minimum Gasteiger partial charge on any atom is -0.294 e. The van der Waals surface area contributed by atoms with Gasteiger partial charge in [0, 0.05) is 12.0 Å². The predicted molar refractivity (Wildman–Crippen MR) is 73.4 cm³/mol. The van der Waals surface area contributed by atoms with Gasteiger partial charge in [-0.25, -0.2) is 0 Å². The standard InChI is InChI=1S/C16H24O/c1-12(2)8-9-16(17)15-7-5-6-14(11-15)10-13(3)4/h5-7,11-13H,8-10H2,1-4H3. The molecule has 0 atom stereocenters. The average molecular weight is 232 g/mol. The van der Waals surface area contributed by atoms with E-state index in [-0.39, 0.29) is 5.78 Å². The highest BCUT2D eigenvalue weighted by Gasteiger charge is 2.08. The zero-order valence-electron chi connectivity index (χ0n) is 11.5. The molecule has 1 aromatic carbocycles. The van der Waals surface area contributed by atoms with Crippen LogP contribution in [0, 0.1) is 11.8 Å². The van der Waals surface area contributed by atoms with Crippen LogP contribution >= 0.6 is 0 Å². The second-order valence-corrected chi connectivity index (χ2v) is 5.65. The van der Waals surface area contributed by atoms with Crippen LogP contribution in [-0.2, 0) is 6.42 Å². The minimum atomic E-state index is 0.282. The molecule has 0 aliphatic rings. The van der Waals surface area contributed by atoms with E-state index in [0.29, 0.717) is 18.3 Å². The summed E-state index contributed by atoms with van der Waals surface area (Å²) in [7, 11) is 0. The third kappa shape index (κ3) is 5.16. The summed E-state index contributed by atoms with van der Waals surface area (Å²) in [6, 6.07) is 8.11. The van der Waals surface area contributed by atoms with E-state index >= 15 is 0 Å². The van der Waals surface area contributed by atoms with Gasteiger partial charge in [-0.1, -0.05) is 45.9 Å². The first-order valence-electron chi connectivity index (χ1n) is 6.61. The number of rotatable bonds is 6. The van der Waals surface area contributed by atoms with Gasteiger partial charge in [0.25, 0.3) is 0 Å². The van der Waals surface area contributed by atoms with Crippen molar-refractivity contribution in [1.82, 2.24) is 0 Å².